The van der Waals surface area contributed by atoms with Crippen molar-refractivity contribution >= 4 is 5.88 Å². The molecule has 1 aromatic heterocycles. The van der Waals surface area contributed by atoms with E-state index in [1.165, 1.54) is 23.0 Å². The van der Waals surface area contributed by atoms with Crippen molar-refractivity contribution in [3.8, 4) is 5.75 Å². The summed E-state index contributed by atoms with van der Waals surface area (Å²) in [5, 5.41) is 22.7. The number of nitrogens with zero attached hydrogens (tertiary/aromatic N) is 2. The van der Waals surface area contributed by atoms with Crippen LogP contribution in [-0.4, -0.2) is 15.5 Å². The molecule has 0 aliphatic carbocycles. The first-order valence-electron chi connectivity index (χ1n) is 4.74. The highest BCUT2D eigenvalue weighted by molar-refractivity contribution is 5.28. The molecule has 0 radical (unpaired) electrons. The number of hydrogen-bond donors (Lipinski definition) is 3. The summed E-state index contributed by atoms with van der Waals surface area (Å²) in [6.45, 7) is 0.212. The summed E-state index contributed by atoms with van der Waals surface area (Å²) in [7, 11) is 0. The van der Waals surface area contributed by atoms with Gasteiger partial charge < -0.3 is 15.9 Å². The number of anilines is 1. The van der Waals surface area contributed by atoms with Crippen LogP contribution in [0.4, 0.5) is 5.88 Å². The van der Waals surface area contributed by atoms with Gasteiger partial charge in [0.2, 0.25) is 11.8 Å². The van der Waals surface area contributed by atoms with Crippen molar-refractivity contribution in [3.05, 3.63) is 36.0 Å². The Morgan fingerprint density at radius 2 is 2.31 bits per heavy atom. The van der Waals surface area contributed by atoms with Gasteiger partial charge in [0, 0.05) is 0 Å². The van der Waals surface area contributed by atoms with E-state index >= 15 is 0 Å². The predicted molar refractivity (Wildman–Crippen MR) is 54.2 cm³/mol. The van der Waals surface area contributed by atoms with Crippen LogP contribution < -0.4 is 10.4 Å². The van der Waals surface area contributed by atoms with Gasteiger partial charge in [-0.25, -0.2) is 0 Å². The van der Waals surface area contributed by atoms with Gasteiger partial charge in [0.25, 0.3) is 12.1 Å². The Morgan fingerprint density at radius 3 is 2.94 bits per heavy atom. The molecule has 0 amide bonds. The molecule has 0 aliphatic heterocycles. The number of phenolic OH excluding ortho intramolecular Hbond substituents is 1. The van der Waals surface area contributed by atoms with Crippen LogP contribution in [-0.2, 0) is 6.54 Å². The number of rotatable bonds is 3. The predicted octanol–water partition coefficient (Wildman–Crippen LogP) is -0.0165. The van der Waals surface area contributed by atoms with Gasteiger partial charge in [0.1, 0.15) is 11.9 Å². The molecule has 4 N–H and O–H groups in total. The van der Waals surface area contributed by atoms with Gasteiger partial charge in [-0.15, -0.1) is 0 Å². The van der Waals surface area contributed by atoms with Crippen LogP contribution in [0.2, 0.25) is 0 Å². The first-order valence-corrected chi connectivity index (χ1v) is 4.74. The van der Waals surface area contributed by atoms with Crippen molar-refractivity contribution in [1.29, 1.82) is 0 Å². The Kier molecular flexibility index (Phi) is 2.74. The average molecular weight is 222 g/mol. The molecule has 2 aromatic rings. The van der Waals surface area contributed by atoms with Gasteiger partial charge >= 0.3 is 0 Å². The van der Waals surface area contributed by atoms with Gasteiger partial charge in [-0.05, 0) is 22.4 Å². The third-order valence-corrected chi connectivity index (χ3v) is 2.14. The molecule has 0 aliphatic rings. The van der Waals surface area contributed by atoms with Crippen LogP contribution in [0, 0.1) is 0 Å². The van der Waals surface area contributed by atoms with Crippen molar-refractivity contribution in [2.75, 3.05) is 5.73 Å². The molecule has 6 nitrogen and oxygen atoms in total. The van der Waals surface area contributed by atoms with E-state index in [0.717, 1.165) is 0 Å². The highest BCUT2D eigenvalue weighted by Gasteiger charge is 2.17. The van der Waals surface area contributed by atoms with Crippen molar-refractivity contribution < 1.29 is 19.4 Å². The van der Waals surface area contributed by atoms with Crippen molar-refractivity contribution in [2.24, 2.45) is 0 Å². The second kappa shape index (κ2) is 4.19. The zero-order chi connectivity index (χ0) is 11.5. The number of aromatic nitrogens is 2. The molecule has 2 rings (SSSR count). The van der Waals surface area contributed by atoms with Gasteiger partial charge in [-0.1, -0.05) is 12.1 Å². The van der Waals surface area contributed by atoms with Crippen LogP contribution in [0.15, 0.2) is 35.0 Å². The lowest BCUT2D eigenvalue weighted by atomic mass is 10.1. The molecule has 0 spiro atoms. The number of phenols is 1. The summed E-state index contributed by atoms with van der Waals surface area (Å²) < 4.78 is 6.05. The first kappa shape index (κ1) is 10.4. The molecule has 0 saturated carbocycles. The number of aromatic hydroxyl groups is 1. The molecule has 0 bridgehead atoms. The largest absolute Gasteiger partial charge is 0.508 e. The van der Waals surface area contributed by atoms with Crippen molar-refractivity contribution in [1.82, 2.24) is 5.27 Å². The monoisotopic (exact) mass is 222 g/mol. The molecular weight excluding hydrogens is 210 g/mol. The quantitative estimate of drug-likeness (QED) is 0.634. The lowest BCUT2D eigenvalue weighted by molar-refractivity contribution is -0.768. The fraction of sp³-hybridized carbons (Fsp3) is 0.200. The number of nitrogens with two attached hydrogens (primary N) is 1. The highest BCUT2D eigenvalue weighted by Crippen LogP contribution is 2.18. The number of aliphatic hydroxyl groups is 1. The van der Waals surface area contributed by atoms with Crippen LogP contribution >= 0.6 is 0 Å². The minimum Gasteiger partial charge on any atom is -0.508 e. The van der Waals surface area contributed by atoms with Crippen molar-refractivity contribution in [3.63, 3.8) is 0 Å². The van der Waals surface area contributed by atoms with E-state index in [-0.39, 0.29) is 18.2 Å². The number of benzene rings is 1. The smallest absolute Gasteiger partial charge is 0.293 e. The molecule has 0 saturated heterocycles. The van der Waals surface area contributed by atoms with E-state index < -0.39 is 6.10 Å². The lowest BCUT2D eigenvalue weighted by Crippen LogP contribution is -2.37. The zero-order valence-corrected chi connectivity index (χ0v) is 8.45. The second-order valence-electron chi connectivity index (χ2n) is 3.44. The van der Waals surface area contributed by atoms with E-state index in [1.807, 2.05) is 0 Å². The SMILES string of the molecule is Nc1c[n+](CC(O)c2cccc(O)c2)no1. The van der Waals surface area contributed by atoms with Crippen LogP contribution in [0.5, 0.6) is 5.75 Å². The zero-order valence-electron chi connectivity index (χ0n) is 8.45. The summed E-state index contributed by atoms with van der Waals surface area (Å²) >= 11 is 0. The third kappa shape index (κ3) is 2.29. The first-order chi connectivity index (χ1) is 7.65. The minimum absolute atomic E-state index is 0.112. The summed E-state index contributed by atoms with van der Waals surface area (Å²) in [6.07, 6.45) is 0.702. The van der Waals surface area contributed by atoms with E-state index in [9.17, 15) is 10.2 Å². The van der Waals surface area contributed by atoms with E-state index in [4.69, 9.17) is 5.73 Å². The third-order valence-electron chi connectivity index (χ3n) is 2.14. The number of aliphatic hydroxyl groups excluding tert-OH is 1. The minimum atomic E-state index is -0.776. The summed E-state index contributed by atoms with van der Waals surface area (Å²) in [5.41, 5.74) is 5.95. The summed E-state index contributed by atoms with van der Waals surface area (Å²) in [5.74, 6) is 0.296. The molecule has 16 heavy (non-hydrogen) atoms. The van der Waals surface area contributed by atoms with Crippen LogP contribution in [0.1, 0.15) is 11.7 Å². The van der Waals surface area contributed by atoms with Crippen molar-refractivity contribution in [2.45, 2.75) is 12.6 Å². The van der Waals surface area contributed by atoms with Crippen LogP contribution in [0.3, 0.4) is 0 Å². The fourth-order valence-electron chi connectivity index (χ4n) is 1.39. The van der Waals surface area contributed by atoms with Gasteiger partial charge in [-0.3, -0.25) is 4.52 Å². The Hall–Kier alpha value is -2.08. The molecule has 1 unspecified atom stereocenters. The molecule has 1 heterocycles. The molecule has 84 valence electrons. The van der Waals surface area contributed by atoms with E-state index in [0.29, 0.717) is 5.56 Å². The topological polar surface area (TPSA) is 96.4 Å². The number of hydrogen-bond acceptors (Lipinski definition) is 5. The molecule has 6 heteroatoms. The highest BCUT2D eigenvalue weighted by atomic mass is 16.5. The lowest BCUT2D eigenvalue weighted by Gasteiger charge is -2.05. The molecule has 1 aromatic carbocycles. The maximum atomic E-state index is 9.85. The maximum absolute atomic E-state index is 9.85. The fourth-order valence-corrected chi connectivity index (χ4v) is 1.39. The normalized spacial score (nSPS) is 12.6. The summed E-state index contributed by atoms with van der Waals surface area (Å²) in [6, 6.07) is 6.41. The van der Waals surface area contributed by atoms with E-state index in [1.54, 1.807) is 12.1 Å². The second-order valence-corrected chi connectivity index (χ2v) is 3.44. The van der Waals surface area contributed by atoms with Gasteiger partial charge in [-0.2, -0.15) is 0 Å². The summed E-state index contributed by atoms with van der Waals surface area (Å²) in [4.78, 5) is 0. The van der Waals surface area contributed by atoms with Gasteiger partial charge in [0.15, 0.2) is 0 Å². The number of nitrogen functional groups attached to an aromatic ring is 1. The molecule has 1 atom stereocenters. The standard InChI is InChI=1S/C10H11N3O3/c11-10-6-13(12-16-10)5-9(15)7-2-1-3-8(14)4-7/h1-4,6,9,15H,5H2,(H2-,11,12,14)/p+1. The Balaban J connectivity index is 2.11. The molecule has 0 fully saturated rings. The van der Waals surface area contributed by atoms with E-state index in [2.05, 4.69) is 9.79 Å². The molecular formula is C10H12N3O3+. The maximum Gasteiger partial charge on any atom is 0.293 e. The van der Waals surface area contributed by atoms with Crippen LogP contribution in [0.25, 0.3) is 0 Å². The Bertz CT molecular complexity index is 484. The Labute approximate surface area is 91.5 Å². The van der Waals surface area contributed by atoms with Gasteiger partial charge in [0.05, 0.1) is 0 Å². The average Bonchev–Trinajstić information content (AvgIpc) is 2.64. The Morgan fingerprint density at radius 1 is 1.50 bits per heavy atom.